The highest BCUT2D eigenvalue weighted by Gasteiger charge is 2.22. The summed E-state index contributed by atoms with van der Waals surface area (Å²) < 4.78 is 12.6. The van der Waals surface area contributed by atoms with Crippen LogP contribution in [0.5, 0.6) is 0 Å². The van der Waals surface area contributed by atoms with Gasteiger partial charge in [0.25, 0.3) is 0 Å². The Morgan fingerprint density at radius 2 is 1.83 bits per heavy atom. The van der Waals surface area contributed by atoms with Gasteiger partial charge in [0.1, 0.15) is 5.58 Å². The molecule has 30 heavy (non-hydrogen) atoms. The average Bonchev–Trinajstić information content (AvgIpc) is 3.27. The fourth-order valence-corrected chi connectivity index (χ4v) is 4.53. The first-order valence-electron chi connectivity index (χ1n) is 9.91. The van der Waals surface area contributed by atoms with Gasteiger partial charge in [0.05, 0.1) is 17.5 Å². The zero-order chi connectivity index (χ0) is 20.8. The Bertz CT molecular complexity index is 1280. The Labute approximate surface area is 183 Å². The van der Waals surface area contributed by atoms with E-state index in [9.17, 15) is 4.79 Å². The van der Waals surface area contributed by atoms with E-state index in [-0.39, 0.29) is 5.76 Å². The average molecular weight is 446 g/mol. The number of hydrogen-bond donors (Lipinski definition) is 0. The quantitative estimate of drug-likeness (QED) is 0.461. The highest BCUT2D eigenvalue weighted by atomic mass is 35.5. The second-order valence-electron chi connectivity index (χ2n) is 7.68. The zero-order valence-electron chi connectivity index (χ0n) is 16.5. The van der Waals surface area contributed by atoms with Crippen molar-refractivity contribution in [1.82, 2.24) is 9.47 Å². The molecule has 6 nitrogen and oxygen atoms in total. The molecule has 1 aliphatic heterocycles. The van der Waals surface area contributed by atoms with E-state index in [4.69, 9.17) is 32.0 Å². The van der Waals surface area contributed by atoms with Gasteiger partial charge in [0.15, 0.2) is 5.58 Å². The summed E-state index contributed by atoms with van der Waals surface area (Å²) in [6, 6.07) is 9.37. The molecule has 0 atom stereocenters. The Morgan fingerprint density at radius 1 is 1.03 bits per heavy atom. The van der Waals surface area contributed by atoms with E-state index in [1.807, 2.05) is 30.5 Å². The fourth-order valence-electron chi connectivity index (χ4n) is 4.15. The second-order valence-corrected chi connectivity index (χ2v) is 8.55. The van der Waals surface area contributed by atoms with Crippen molar-refractivity contribution in [3.8, 4) is 0 Å². The minimum Gasteiger partial charge on any atom is -0.464 e. The molecule has 2 aromatic heterocycles. The van der Waals surface area contributed by atoms with Crippen LogP contribution in [-0.4, -0.2) is 42.2 Å². The molecule has 0 unspecified atom stereocenters. The van der Waals surface area contributed by atoms with Crippen molar-refractivity contribution in [2.45, 2.75) is 6.42 Å². The summed E-state index contributed by atoms with van der Waals surface area (Å²) in [7, 11) is 1.69. The van der Waals surface area contributed by atoms with Crippen molar-refractivity contribution < 1.29 is 8.83 Å². The van der Waals surface area contributed by atoms with Crippen LogP contribution in [0.4, 0.5) is 5.69 Å². The van der Waals surface area contributed by atoms with Crippen LogP contribution in [0, 0.1) is 0 Å². The molecule has 1 aliphatic rings. The third kappa shape index (κ3) is 3.49. The number of anilines is 1. The first kappa shape index (κ1) is 19.5. The number of piperazine rings is 1. The number of halogens is 2. The van der Waals surface area contributed by atoms with E-state index < -0.39 is 0 Å². The maximum absolute atomic E-state index is 12.0. The molecule has 0 radical (unpaired) electrons. The van der Waals surface area contributed by atoms with Gasteiger partial charge >= 0.3 is 5.76 Å². The van der Waals surface area contributed by atoms with Crippen LogP contribution in [0.2, 0.25) is 10.0 Å². The third-order valence-corrected chi connectivity index (χ3v) is 6.32. The molecular formula is C22H21Cl2N3O3. The van der Waals surface area contributed by atoms with Gasteiger partial charge in [-0.05, 0) is 42.3 Å². The Kier molecular flexibility index (Phi) is 5.01. The van der Waals surface area contributed by atoms with Crippen molar-refractivity contribution in [2.24, 2.45) is 7.05 Å². The van der Waals surface area contributed by atoms with Crippen LogP contribution < -0.4 is 10.7 Å². The van der Waals surface area contributed by atoms with Crippen LogP contribution in [-0.2, 0) is 13.5 Å². The van der Waals surface area contributed by atoms with Crippen LogP contribution >= 0.6 is 23.2 Å². The molecular weight excluding hydrogens is 425 g/mol. The Morgan fingerprint density at radius 3 is 2.63 bits per heavy atom. The van der Waals surface area contributed by atoms with Gasteiger partial charge in [-0.25, -0.2) is 4.79 Å². The summed E-state index contributed by atoms with van der Waals surface area (Å²) in [6.07, 6.45) is 2.74. The molecule has 2 aromatic carbocycles. The molecule has 1 saturated heterocycles. The van der Waals surface area contributed by atoms with E-state index >= 15 is 0 Å². The van der Waals surface area contributed by atoms with Crippen LogP contribution in [0.3, 0.4) is 0 Å². The van der Waals surface area contributed by atoms with Gasteiger partial charge in [-0.3, -0.25) is 9.47 Å². The first-order chi connectivity index (χ1) is 14.5. The van der Waals surface area contributed by atoms with E-state index in [1.165, 1.54) is 10.1 Å². The lowest BCUT2D eigenvalue weighted by Gasteiger charge is -2.36. The number of oxazole rings is 1. The van der Waals surface area contributed by atoms with E-state index in [0.717, 1.165) is 66.3 Å². The highest BCUT2D eigenvalue weighted by molar-refractivity contribution is 6.32. The molecule has 0 N–H and O–H groups in total. The van der Waals surface area contributed by atoms with Crippen LogP contribution in [0.25, 0.3) is 22.1 Å². The molecule has 0 spiro atoms. The van der Waals surface area contributed by atoms with Gasteiger partial charge < -0.3 is 13.7 Å². The highest BCUT2D eigenvalue weighted by Crippen LogP contribution is 2.31. The maximum atomic E-state index is 12.0. The van der Waals surface area contributed by atoms with Gasteiger partial charge in [0, 0.05) is 55.2 Å². The summed E-state index contributed by atoms with van der Waals surface area (Å²) in [5, 5.41) is 2.41. The number of furan rings is 1. The summed E-state index contributed by atoms with van der Waals surface area (Å²) in [4.78, 5) is 16.6. The standard InChI is InChI=1S/C22H21Cl2N3O3/c1-25-18-11-16(24)12-19(21(18)30-22(25)28)27-8-6-26(7-9-27)5-4-14-13-29-20-3-2-15(23)10-17(14)20/h2-3,10-13H,4-9H2,1H3. The molecule has 1 fully saturated rings. The van der Waals surface area contributed by atoms with Crippen LogP contribution in [0.15, 0.2) is 50.2 Å². The maximum Gasteiger partial charge on any atom is 0.419 e. The lowest BCUT2D eigenvalue weighted by atomic mass is 10.1. The van der Waals surface area contributed by atoms with Crippen molar-refractivity contribution in [3.05, 3.63) is 62.8 Å². The number of aromatic nitrogens is 1. The lowest BCUT2D eigenvalue weighted by Crippen LogP contribution is -2.47. The Hall–Kier alpha value is -2.41. The molecule has 5 rings (SSSR count). The summed E-state index contributed by atoms with van der Waals surface area (Å²) in [6.45, 7) is 4.46. The smallest absolute Gasteiger partial charge is 0.419 e. The summed E-state index contributed by atoms with van der Waals surface area (Å²) >= 11 is 12.4. The number of benzene rings is 2. The third-order valence-electron chi connectivity index (χ3n) is 5.87. The summed E-state index contributed by atoms with van der Waals surface area (Å²) in [5.74, 6) is -0.375. The van der Waals surface area contributed by atoms with E-state index in [0.29, 0.717) is 10.6 Å². The van der Waals surface area contributed by atoms with Gasteiger partial charge in [0.2, 0.25) is 0 Å². The molecule has 0 saturated carbocycles. The SMILES string of the molecule is Cn1c(=O)oc2c(N3CCN(CCc4coc5ccc(Cl)cc45)CC3)cc(Cl)cc21. The minimum atomic E-state index is -0.375. The molecule has 0 bridgehead atoms. The fraction of sp³-hybridized carbons (Fsp3) is 0.318. The Balaban J connectivity index is 1.28. The second kappa shape index (κ2) is 7.69. The van der Waals surface area contributed by atoms with Crippen molar-refractivity contribution in [2.75, 3.05) is 37.6 Å². The lowest BCUT2D eigenvalue weighted by molar-refractivity contribution is 0.261. The normalized spacial score (nSPS) is 15.5. The first-order valence-corrected chi connectivity index (χ1v) is 10.7. The molecule has 0 amide bonds. The van der Waals surface area contributed by atoms with E-state index in [2.05, 4.69) is 9.80 Å². The van der Waals surface area contributed by atoms with Gasteiger partial charge in [-0.2, -0.15) is 0 Å². The van der Waals surface area contributed by atoms with Crippen molar-refractivity contribution in [1.29, 1.82) is 0 Å². The zero-order valence-corrected chi connectivity index (χ0v) is 18.0. The molecule has 0 aliphatic carbocycles. The molecule has 8 heteroatoms. The molecule has 3 heterocycles. The van der Waals surface area contributed by atoms with E-state index in [1.54, 1.807) is 13.1 Å². The van der Waals surface area contributed by atoms with Crippen LogP contribution in [0.1, 0.15) is 5.56 Å². The largest absolute Gasteiger partial charge is 0.464 e. The van der Waals surface area contributed by atoms with Crippen molar-refractivity contribution >= 4 is 51.0 Å². The molecule has 156 valence electrons. The van der Waals surface area contributed by atoms with Gasteiger partial charge in [-0.1, -0.05) is 23.2 Å². The predicted molar refractivity (Wildman–Crippen MR) is 120 cm³/mol. The summed E-state index contributed by atoms with van der Waals surface area (Å²) in [5.41, 5.74) is 4.24. The number of aryl methyl sites for hydroxylation is 1. The topological polar surface area (TPSA) is 54.8 Å². The number of fused-ring (bicyclic) bond motifs is 2. The van der Waals surface area contributed by atoms with Crippen molar-refractivity contribution in [3.63, 3.8) is 0 Å². The number of rotatable bonds is 4. The molecule has 4 aromatic rings. The number of hydrogen-bond acceptors (Lipinski definition) is 5. The minimum absolute atomic E-state index is 0.375. The number of nitrogens with zero attached hydrogens (tertiary/aromatic N) is 3. The monoisotopic (exact) mass is 445 g/mol. The predicted octanol–water partition coefficient (Wildman–Crippen LogP) is 4.55. The van der Waals surface area contributed by atoms with Gasteiger partial charge in [-0.15, -0.1) is 0 Å².